The molecule has 0 heterocycles. The van der Waals surface area contributed by atoms with Crippen LogP contribution in [0.2, 0.25) is 0 Å². The molecule has 33 heavy (non-hydrogen) atoms. The van der Waals surface area contributed by atoms with Gasteiger partial charge >= 0.3 is 5.97 Å². The number of amides is 4. The summed E-state index contributed by atoms with van der Waals surface area (Å²) in [5.74, 6) is -4.52. The van der Waals surface area contributed by atoms with Gasteiger partial charge in [-0.1, -0.05) is 12.1 Å². The number of phenols is 1. The molecule has 0 aliphatic heterocycles. The average Bonchev–Trinajstić information content (AvgIpc) is 2.75. The minimum Gasteiger partial charge on any atom is -0.508 e. The normalized spacial score (nSPS) is 14.3. The predicted molar refractivity (Wildman–Crippen MR) is 114 cm³/mol. The number of hydrogen-bond acceptors (Lipinski definition) is 8. The number of rotatable bonds is 13. The third-order valence-electron chi connectivity index (χ3n) is 4.59. The molecule has 182 valence electrons. The SMILES string of the molecule is CC(NC(=O)C(CCC(N)=O)NC(=O)C(N)Cc1ccc(O)cc1)C(=O)NC(CO)C(=O)O. The first-order valence-electron chi connectivity index (χ1n) is 10.0. The van der Waals surface area contributed by atoms with Crippen LogP contribution in [0.4, 0.5) is 0 Å². The molecule has 0 aliphatic carbocycles. The van der Waals surface area contributed by atoms with Gasteiger partial charge in [0.1, 0.15) is 23.9 Å². The molecule has 4 unspecified atom stereocenters. The van der Waals surface area contributed by atoms with Crippen molar-refractivity contribution < 1.29 is 39.3 Å². The second-order valence-corrected chi connectivity index (χ2v) is 7.36. The number of phenolic OH excluding ortho intramolecular Hbond substituents is 1. The summed E-state index contributed by atoms with van der Waals surface area (Å²) in [6.45, 7) is 0.422. The summed E-state index contributed by atoms with van der Waals surface area (Å²) in [6.07, 6.45) is -0.299. The van der Waals surface area contributed by atoms with Gasteiger partial charge in [0.15, 0.2) is 0 Å². The summed E-state index contributed by atoms with van der Waals surface area (Å²) >= 11 is 0. The molecule has 4 atom stereocenters. The minimum atomic E-state index is -1.56. The van der Waals surface area contributed by atoms with E-state index < -0.39 is 60.4 Å². The molecule has 1 aromatic carbocycles. The van der Waals surface area contributed by atoms with Crippen LogP contribution in [-0.2, 0) is 30.4 Å². The Morgan fingerprint density at radius 1 is 0.939 bits per heavy atom. The summed E-state index contributed by atoms with van der Waals surface area (Å²) < 4.78 is 0. The molecule has 0 saturated carbocycles. The molecular weight excluding hydrogens is 438 g/mol. The highest BCUT2D eigenvalue weighted by Crippen LogP contribution is 2.11. The lowest BCUT2D eigenvalue weighted by atomic mass is 10.0. The van der Waals surface area contributed by atoms with E-state index in [0.717, 1.165) is 0 Å². The highest BCUT2D eigenvalue weighted by atomic mass is 16.4. The van der Waals surface area contributed by atoms with Crippen LogP contribution in [0.1, 0.15) is 25.3 Å². The number of carbonyl (C=O) groups is 5. The van der Waals surface area contributed by atoms with Crippen molar-refractivity contribution in [2.75, 3.05) is 6.61 Å². The fourth-order valence-electron chi connectivity index (χ4n) is 2.67. The number of aliphatic hydroxyl groups is 1. The lowest BCUT2D eigenvalue weighted by molar-refractivity contribution is -0.143. The molecule has 0 saturated heterocycles. The number of aliphatic carboxylic acids is 1. The average molecular weight is 467 g/mol. The van der Waals surface area contributed by atoms with Gasteiger partial charge in [0, 0.05) is 6.42 Å². The zero-order valence-electron chi connectivity index (χ0n) is 18.0. The number of nitrogens with two attached hydrogens (primary N) is 2. The summed E-state index contributed by atoms with van der Waals surface area (Å²) in [5.41, 5.74) is 11.7. The molecule has 0 radical (unpaired) electrons. The highest BCUT2D eigenvalue weighted by Gasteiger charge is 2.28. The Morgan fingerprint density at radius 3 is 2.03 bits per heavy atom. The molecule has 0 aromatic heterocycles. The van der Waals surface area contributed by atoms with Crippen molar-refractivity contribution >= 4 is 29.6 Å². The predicted octanol–water partition coefficient (Wildman–Crippen LogP) is -2.92. The van der Waals surface area contributed by atoms with Gasteiger partial charge in [-0.2, -0.15) is 0 Å². The van der Waals surface area contributed by atoms with Crippen LogP contribution < -0.4 is 27.4 Å². The van der Waals surface area contributed by atoms with Crippen molar-refractivity contribution in [3.05, 3.63) is 29.8 Å². The second kappa shape index (κ2) is 13.0. The van der Waals surface area contributed by atoms with Crippen molar-refractivity contribution in [3.63, 3.8) is 0 Å². The Hall–Kier alpha value is -3.71. The topological polar surface area (TPSA) is 234 Å². The standard InChI is InChI=1S/C20H29N5O8/c1-10(17(29)25-15(9-26)20(32)33)23-19(31)14(6-7-16(22)28)24-18(30)13(21)8-11-2-4-12(27)5-3-11/h2-5,10,13-15,26-27H,6-9,21H2,1H3,(H2,22,28)(H,23,31)(H,24,30)(H,25,29)(H,32,33). The summed E-state index contributed by atoms with van der Waals surface area (Å²) in [5, 5.41) is 34.0. The van der Waals surface area contributed by atoms with E-state index in [2.05, 4.69) is 10.6 Å². The first-order valence-corrected chi connectivity index (χ1v) is 10.0. The number of aromatic hydroxyl groups is 1. The molecule has 0 spiro atoms. The summed E-state index contributed by atoms with van der Waals surface area (Å²) in [7, 11) is 0. The summed E-state index contributed by atoms with van der Waals surface area (Å²) in [4.78, 5) is 59.3. The van der Waals surface area contributed by atoms with E-state index >= 15 is 0 Å². The Morgan fingerprint density at radius 2 is 1.52 bits per heavy atom. The molecule has 13 heteroatoms. The van der Waals surface area contributed by atoms with Gasteiger partial charge in [0.05, 0.1) is 12.6 Å². The number of nitrogens with one attached hydrogen (secondary N) is 3. The number of carbonyl (C=O) groups excluding carboxylic acids is 4. The van der Waals surface area contributed by atoms with Crippen molar-refractivity contribution in [3.8, 4) is 5.75 Å². The smallest absolute Gasteiger partial charge is 0.328 e. The maximum absolute atomic E-state index is 12.6. The zero-order valence-corrected chi connectivity index (χ0v) is 18.0. The van der Waals surface area contributed by atoms with E-state index in [9.17, 15) is 29.1 Å². The Bertz CT molecular complexity index is 861. The fourth-order valence-corrected chi connectivity index (χ4v) is 2.67. The molecule has 10 N–H and O–H groups in total. The first-order chi connectivity index (χ1) is 15.4. The maximum Gasteiger partial charge on any atom is 0.328 e. The third-order valence-corrected chi connectivity index (χ3v) is 4.59. The Balaban J connectivity index is 2.79. The zero-order chi connectivity index (χ0) is 25.1. The quantitative estimate of drug-likeness (QED) is 0.148. The van der Waals surface area contributed by atoms with Gasteiger partial charge in [-0.15, -0.1) is 0 Å². The molecule has 13 nitrogen and oxygen atoms in total. The van der Waals surface area contributed by atoms with E-state index in [4.69, 9.17) is 21.7 Å². The van der Waals surface area contributed by atoms with Crippen LogP contribution in [0.3, 0.4) is 0 Å². The molecule has 1 rings (SSSR count). The van der Waals surface area contributed by atoms with Crippen LogP contribution in [0.25, 0.3) is 0 Å². The molecular formula is C20H29N5O8. The van der Waals surface area contributed by atoms with Gasteiger partial charge in [-0.25, -0.2) is 4.79 Å². The van der Waals surface area contributed by atoms with Crippen molar-refractivity contribution in [1.29, 1.82) is 0 Å². The van der Waals surface area contributed by atoms with Crippen LogP contribution >= 0.6 is 0 Å². The van der Waals surface area contributed by atoms with E-state index in [0.29, 0.717) is 5.56 Å². The van der Waals surface area contributed by atoms with Crippen LogP contribution in [0.15, 0.2) is 24.3 Å². The third kappa shape index (κ3) is 9.53. The van der Waals surface area contributed by atoms with E-state index in [1.54, 1.807) is 12.1 Å². The largest absolute Gasteiger partial charge is 0.508 e. The molecule has 0 fully saturated rings. The van der Waals surface area contributed by atoms with Crippen molar-refractivity contribution in [2.24, 2.45) is 11.5 Å². The van der Waals surface area contributed by atoms with Crippen LogP contribution in [0.5, 0.6) is 5.75 Å². The number of aliphatic hydroxyl groups excluding tert-OH is 1. The van der Waals surface area contributed by atoms with Gasteiger partial charge in [0.2, 0.25) is 23.6 Å². The van der Waals surface area contributed by atoms with Crippen LogP contribution in [-0.4, -0.2) is 75.7 Å². The lowest BCUT2D eigenvalue weighted by Gasteiger charge is -2.23. The van der Waals surface area contributed by atoms with Crippen LogP contribution in [0, 0.1) is 0 Å². The molecule has 0 bridgehead atoms. The number of primary amides is 1. The monoisotopic (exact) mass is 467 g/mol. The number of hydrogen-bond donors (Lipinski definition) is 8. The molecule has 0 aliphatic rings. The number of benzene rings is 1. The lowest BCUT2D eigenvalue weighted by Crippen LogP contribution is -2.57. The van der Waals surface area contributed by atoms with Gasteiger partial charge in [-0.05, 0) is 37.5 Å². The Kier molecular flexibility index (Phi) is 10.7. The summed E-state index contributed by atoms with van der Waals surface area (Å²) in [6, 6.07) is 0.944. The van der Waals surface area contributed by atoms with Gasteiger partial charge in [-0.3, -0.25) is 19.2 Å². The second-order valence-electron chi connectivity index (χ2n) is 7.36. The van der Waals surface area contributed by atoms with Crippen molar-refractivity contribution in [2.45, 2.75) is 50.4 Å². The maximum atomic E-state index is 12.6. The number of carboxylic acids is 1. The molecule has 4 amide bonds. The molecule has 1 aromatic rings. The first kappa shape index (κ1) is 27.3. The number of carboxylic acid groups (broad SMARTS) is 1. The minimum absolute atomic E-state index is 0.0479. The Labute approximate surface area is 189 Å². The highest BCUT2D eigenvalue weighted by molar-refractivity contribution is 5.94. The fraction of sp³-hybridized carbons (Fsp3) is 0.450. The van der Waals surface area contributed by atoms with Gasteiger partial charge < -0.3 is 42.7 Å². The van der Waals surface area contributed by atoms with E-state index in [1.165, 1.54) is 19.1 Å². The van der Waals surface area contributed by atoms with E-state index in [-0.39, 0.29) is 25.0 Å². The van der Waals surface area contributed by atoms with E-state index in [1.807, 2.05) is 5.32 Å². The van der Waals surface area contributed by atoms with Crippen molar-refractivity contribution in [1.82, 2.24) is 16.0 Å². The van der Waals surface area contributed by atoms with Gasteiger partial charge in [0.25, 0.3) is 0 Å².